The monoisotopic (exact) mass is 482 g/mol. The minimum Gasteiger partial charge on any atom is -0.453 e. The van der Waals surface area contributed by atoms with Crippen LogP contribution in [-0.4, -0.2) is 56.6 Å². The summed E-state index contributed by atoms with van der Waals surface area (Å²) in [5.74, 6) is -2.55. The van der Waals surface area contributed by atoms with Crippen LogP contribution in [0.4, 0.5) is 19.3 Å². The Balaban J connectivity index is 1.44. The fourth-order valence-corrected chi connectivity index (χ4v) is 4.07. The summed E-state index contributed by atoms with van der Waals surface area (Å²) >= 11 is 0. The maximum absolute atomic E-state index is 15.5. The molecule has 3 aromatic heterocycles. The molecule has 1 aliphatic rings. The highest BCUT2D eigenvalue weighted by Crippen LogP contribution is 2.33. The van der Waals surface area contributed by atoms with E-state index in [9.17, 15) is 14.0 Å². The van der Waals surface area contributed by atoms with E-state index in [2.05, 4.69) is 20.4 Å². The first-order chi connectivity index (χ1) is 16.9. The highest BCUT2D eigenvalue weighted by atomic mass is 19.1. The number of ether oxygens (including phenoxy) is 1. The van der Waals surface area contributed by atoms with Crippen LogP contribution in [0.25, 0.3) is 17.0 Å². The van der Waals surface area contributed by atoms with Crippen molar-refractivity contribution in [3.8, 4) is 11.4 Å². The van der Waals surface area contributed by atoms with E-state index < -0.39 is 23.6 Å². The van der Waals surface area contributed by atoms with Crippen molar-refractivity contribution < 1.29 is 27.6 Å². The van der Waals surface area contributed by atoms with Crippen LogP contribution < -0.4 is 5.32 Å². The second-order valence-corrected chi connectivity index (χ2v) is 8.10. The number of fused-ring (bicyclic) bond motifs is 1. The normalized spacial score (nSPS) is 15.5. The SMILES string of the molecule is COC(=O)N1CC[C@H](c2nc(-c3cc(F)c(C)c(NC(=O)c4cnc5ccccn45)c3F)no2)C1. The lowest BCUT2D eigenvalue weighted by molar-refractivity contribution is 0.102. The summed E-state index contributed by atoms with van der Waals surface area (Å²) < 4.78 is 41.8. The molecule has 4 aromatic rings. The summed E-state index contributed by atoms with van der Waals surface area (Å²) in [5, 5.41) is 6.26. The number of carbonyl (C=O) groups excluding carboxylic acids is 2. The minimum absolute atomic E-state index is 0.0818. The fraction of sp³-hybridized carbons (Fsp3) is 0.261. The predicted molar refractivity (Wildman–Crippen MR) is 119 cm³/mol. The second-order valence-electron chi connectivity index (χ2n) is 8.10. The third-order valence-electron chi connectivity index (χ3n) is 6.00. The number of hydrogen-bond acceptors (Lipinski definition) is 7. The number of amides is 2. The van der Waals surface area contributed by atoms with Gasteiger partial charge in [-0.15, -0.1) is 0 Å². The van der Waals surface area contributed by atoms with E-state index in [-0.39, 0.29) is 40.1 Å². The number of benzene rings is 1. The summed E-state index contributed by atoms with van der Waals surface area (Å²) in [4.78, 5) is 34.5. The van der Waals surface area contributed by atoms with Gasteiger partial charge in [-0.2, -0.15) is 4.98 Å². The first-order valence-electron chi connectivity index (χ1n) is 10.8. The van der Waals surface area contributed by atoms with Gasteiger partial charge in [-0.25, -0.2) is 18.6 Å². The molecular weight excluding hydrogens is 462 g/mol. The van der Waals surface area contributed by atoms with E-state index >= 15 is 4.39 Å². The number of pyridine rings is 1. The van der Waals surface area contributed by atoms with Crippen LogP contribution in [-0.2, 0) is 4.74 Å². The van der Waals surface area contributed by atoms with Crippen molar-refractivity contribution in [1.29, 1.82) is 0 Å². The third kappa shape index (κ3) is 3.96. The number of imidazole rings is 1. The number of halogens is 2. The Morgan fingerprint density at radius 2 is 2.11 bits per heavy atom. The van der Waals surface area contributed by atoms with Gasteiger partial charge in [0.25, 0.3) is 5.91 Å². The van der Waals surface area contributed by atoms with Gasteiger partial charge in [0.15, 0.2) is 5.82 Å². The number of hydrogen-bond donors (Lipinski definition) is 1. The summed E-state index contributed by atoms with van der Waals surface area (Å²) in [6, 6.07) is 6.16. The molecule has 1 atom stereocenters. The molecule has 1 N–H and O–H groups in total. The van der Waals surface area contributed by atoms with Gasteiger partial charge >= 0.3 is 6.09 Å². The molecule has 0 unspecified atom stereocenters. The van der Waals surface area contributed by atoms with Gasteiger partial charge < -0.3 is 19.5 Å². The van der Waals surface area contributed by atoms with E-state index in [1.807, 2.05) is 0 Å². The van der Waals surface area contributed by atoms with Crippen molar-refractivity contribution in [1.82, 2.24) is 24.4 Å². The number of anilines is 1. The molecule has 0 bridgehead atoms. The van der Waals surface area contributed by atoms with Gasteiger partial charge in [0.2, 0.25) is 11.7 Å². The fourth-order valence-electron chi connectivity index (χ4n) is 4.07. The second kappa shape index (κ2) is 8.78. The maximum atomic E-state index is 15.5. The summed E-state index contributed by atoms with van der Waals surface area (Å²) in [7, 11) is 1.29. The van der Waals surface area contributed by atoms with Crippen LogP contribution in [0.15, 0.2) is 41.2 Å². The van der Waals surface area contributed by atoms with Gasteiger partial charge in [-0.05, 0) is 31.5 Å². The Kier molecular flexibility index (Phi) is 5.63. The summed E-state index contributed by atoms with van der Waals surface area (Å²) in [6.45, 7) is 2.11. The first-order valence-corrected chi connectivity index (χ1v) is 10.8. The molecule has 180 valence electrons. The molecule has 2 amide bonds. The highest BCUT2D eigenvalue weighted by Gasteiger charge is 2.32. The molecule has 35 heavy (non-hydrogen) atoms. The summed E-state index contributed by atoms with van der Waals surface area (Å²) in [6.07, 6.45) is 3.08. The number of carbonyl (C=O) groups is 2. The zero-order valence-corrected chi connectivity index (χ0v) is 18.8. The number of aromatic nitrogens is 4. The van der Waals surface area contributed by atoms with Gasteiger partial charge in [-0.3, -0.25) is 9.20 Å². The highest BCUT2D eigenvalue weighted by molar-refractivity contribution is 6.04. The average molecular weight is 482 g/mol. The predicted octanol–water partition coefficient (Wildman–Crippen LogP) is 3.78. The van der Waals surface area contributed by atoms with Crippen LogP contribution in [0.1, 0.15) is 34.3 Å². The van der Waals surface area contributed by atoms with E-state index in [1.54, 1.807) is 24.4 Å². The quantitative estimate of drug-likeness (QED) is 0.471. The first kappa shape index (κ1) is 22.4. The molecule has 0 spiro atoms. The van der Waals surface area contributed by atoms with Crippen molar-refractivity contribution in [2.75, 3.05) is 25.5 Å². The summed E-state index contributed by atoms with van der Waals surface area (Å²) in [5.41, 5.74) is 0.0104. The molecule has 0 radical (unpaired) electrons. The van der Waals surface area contributed by atoms with E-state index in [1.165, 1.54) is 29.5 Å². The lowest BCUT2D eigenvalue weighted by Gasteiger charge is -2.13. The average Bonchev–Trinajstić information content (AvgIpc) is 3.62. The van der Waals surface area contributed by atoms with Crippen LogP contribution in [0.3, 0.4) is 0 Å². The molecule has 1 aromatic carbocycles. The Morgan fingerprint density at radius 1 is 1.29 bits per heavy atom. The smallest absolute Gasteiger partial charge is 0.409 e. The molecule has 0 saturated carbocycles. The van der Waals surface area contributed by atoms with Gasteiger partial charge in [0.05, 0.1) is 30.5 Å². The standard InChI is InChI=1S/C23H20F2N6O4/c1-12-15(24)9-14(20-28-22(35-29-20)13-6-8-30(11-13)23(33)34-2)18(25)19(12)27-21(32)16-10-26-17-5-3-4-7-31(16)17/h3-5,7,9-10,13H,6,8,11H2,1-2H3,(H,27,32)/t13-/m0/s1. The van der Waals surface area contributed by atoms with Gasteiger partial charge in [0.1, 0.15) is 17.2 Å². The Labute approximate surface area is 197 Å². The molecule has 5 rings (SSSR count). The molecule has 0 aliphatic carbocycles. The van der Waals surface area contributed by atoms with Gasteiger partial charge in [-0.1, -0.05) is 11.2 Å². The Morgan fingerprint density at radius 3 is 2.91 bits per heavy atom. The Bertz CT molecular complexity index is 1450. The molecular formula is C23H20F2N6O4. The van der Waals surface area contributed by atoms with Crippen LogP contribution in [0.2, 0.25) is 0 Å². The van der Waals surface area contributed by atoms with Crippen LogP contribution >= 0.6 is 0 Å². The van der Waals surface area contributed by atoms with Crippen molar-refractivity contribution in [3.63, 3.8) is 0 Å². The zero-order chi connectivity index (χ0) is 24.7. The number of methoxy groups -OCH3 is 1. The minimum atomic E-state index is -0.902. The zero-order valence-electron chi connectivity index (χ0n) is 18.8. The van der Waals surface area contributed by atoms with Crippen LogP contribution in [0.5, 0.6) is 0 Å². The Hall–Kier alpha value is -4.35. The molecule has 12 heteroatoms. The number of nitrogens with one attached hydrogen (secondary N) is 1. The number of rotatable bonds is 4. The van der Waals surface area contributed by atoms with Crippen molar-refractivity contribution in [3.05, 3.63) is 65.4 Å². The molecule has 10 nitrogen and oxygen atoms in total. The molecule has 4 heterocycles. The topological polar surface area (TPSA) is 115 Å². The maximum Gasteiger partial charge on any atom is 0.409 e. The molecule has 1 fully saturated rings. The number of likely N-dealkylation sites (tertiary alicyclic amines) is 1. The van der Waals surface area contributed by atoms with Gasteiger partial charge in [0, 0.05) is 24.8 Å². The van der Waals surface area contributed by atoms with Crippen LogP contribution in [0, 0.1) is 18.6 Å². The lowest BCUT2D eigenvalue weighted by atomic mass is 10.1. The van der Waals surface area contributed by atoms with Crippen molar-refractivity contribution in [2.24, 2.45) is 0 Å². The largest absolute Gasteiger partial charge is 0.453 e. The number of nitrogens with zero attached hydrogens (tertiary/aromatic N) is 5. The lowest BCUT2D eigenvalue weighted by Crippen LogP contribution is -2.28. The third-order valence-corrected chi connectivity index (χ3v) is 6.00. The van der Waals surface area contributed by atoms with Crippen molar-refractivity contribution in [2.45, 2.75) is 19.3 Å². The van der Waals surface area contributed by atoms with E-state index in [0.29, 0.717) is 25.2 Å². The van der Waals surface area contributed by atoms with Crippen molar-refractivity contribution >= 4 is 23.3 Å². The van der Waals surface area contributed by atoms with E-state index in [4.69, 9.17) is 9.26 Å². The molecule has 1 saturated heterocycles. The molecule has 1 aliphatic heterocycles. The van der Waals surface area contributed by atoms with E-state index in [0.717, 1.165) is 6.07 Å².